The fraction of sp³-hybridized carbons (Fsp3) is 0.571. The van der Waals surface area contributed by atoms with Crippen molar-refractivity contribution in [3.63, 3.8) is 0 Å². The monoisotopic (exact) mass is 297 g/mol. The highest BCUT2D eigenvalue weighted by molar-refractivity contribution is 7.14. The number of rotatable bonds is 3. The van der Waals surface area contributed by atoms with E-state index in [-0.39, 0.29) is 18.9 Å². The van der Waals surface area contributed by atoms with Gasteiger partial charge in [-0.1, -0.05) is 6.92 Å². The van der Waals surface area contributed by atoms with E-state index in [9.17, 15) is 14.7 Å². The number of methoxy groups -OCH3 is 1. The number of ether oxygens (including phenoxy) is 1. The molecule has 0 saturated carbocycles. The summed E-state index contributed by atoms with van der Waals surface area (Å²) in [5.41, 5.74) is 1.09. The molecule has 2 heterocycles. The molecular formula is C14H19NO4S. The van der Waals surface area contributed by atoms with Gasteiger partial charge in [0.15, 0.2) is 0 Å². The number of aryl methyl sites for hydroxylation is 2. The number of thiophene rings is 1. The van der Waals surface area contributed by atoms with E-state index >= 15 is 0 Å². The van der Waals surface area contributed by atoms with Gasteiger partial charge in [-0.2, -0.15) is 0 Å². The van der Waals surface area contributed by atoms with Crippen molar-refractivity contribution >= 4 is 23.2 Å². The third-order valence-electron chi connectivity index (χ3n) is 3.57. The van der Waals surface area contributed by atoms with Crippen molar-refractivity contribution in [3.05, 3.63) is 21.4 Å². The normalized spacial score (nSPS) is 22.1. The number of aliphatic hydroxyl groups excluding tert-OH is 1. The molecule has 0 radical (unpaired) electrons. The number of esters is 1. The summed E-state index contributed by atoms with van der Waals surface area (Å²) in [6, 6.07) is 1.17. The van der Waals surface area contributed by atoms with E-state index < -0.39 is 18.1 Å². The van der Waals surface area contributed by atoms with Crippen LogP contribution in [0.25, 0.3) is 0 Å². The molecule has 1 aromatic heterocycles. The first-order valence-corrected chi connectivity index (χ1v) is 7.45. The maximum Gasteiger partial charge on any atom is 0.328 e. The van der Waals surface area contributed by atoms with Gasteiger partial charge >= 0.3 is 5.97 Å². The molecule has 1 aliphatic rings. The average molecular weight is 297 g/mol. The predicted molar refractivity (Wildman–Crippen MR) is 75.9 cm³/mol. The Morgan fingerprint density at radius 2 is 2.25 bits per heavy atom. The van der Waals surface area contributed by atoms with E-state index in [1.54, 1.807) is 0 Å². The van der Waals surface area contributed by atoms with E-state index in [0.29, 0.717) is 4.88 Å². The van der Waals surface area contributed by atoms with Crippen LogP contribution in [0.2, 0.25) is 0 Å². The van der Waals surface area contributed by atoms with Crippen LogP contribution in [0.1, 0.15) is 33.5 Å². The van der Waals surface area contributed by atoms with Crippen LogP contribution in [0, 0.1) is 6.92 Å². The largest absolute Gasteiger partial charge is 0.467 e. The summed E-state index contributed by atoms with van der Waals surface area (Å²) in [5.74, 6) is -0.677. The molecule has 6 heteroatoms. The van der Waals surface area contributed by atoms with Crippen molar-refractivity contribution in [1.29, 1.82) is 0 Å². The maximum atomic E-state index is 12.5. The van der Waals surface area contributed by atoms with Crippen LogP contribution >= 0.6 is 11.3 Å². The van der Waals surface area contributed by atoms with Gasteiger partial charge in [-0.25, -0.2) is 4.79 Å². The molecule has 2 unspecified atom stereocenters. The van der Waals surface area contributed by atoms with Crippen molar-refractivity contribution in [2.75, 3.05) is 13.7 Å². The molecule has 0 aromatic carbocycles. The minimum Gasteiger partial charge on any atom is -0.467 e. The Morgan fingerprint density at radius 3 is 2.80 bits per heavy atom. The number of carbonyl (C=O) groups excluding carboxylic acids is 2. The molecule has 2 atom stereocenters. The number of hydrogen-bond donors (Lipinski definition) is 1. The fourth-order valence-electron chi connectivity index (χ4n) is 2.52. The van der Waals surface area contributed by atoms with Crippen molar-refractivity contribution in [2.45, 2.75) is 38.8 Å². The first kappa shape index (κ1) is 15.0. The quantitative estimate of drug-likeness (QED) is 0.856. The first-order chi connectivity index (χ1) is 9.47. The van der Waals surface area contributed by atoms with Crippen LogP contribution in [0.15, 0.2) is 6.07 Å². The van der Waals surface area contributed by atoms with Crippen LogP contribution in [0.3, 0.4) is 0 Å². The third kappa shape index (κ3) is 2.71. The van der Waals surface area contributed by atoms with Crippen molar-refractivity contribution in [1.82, 2.24) is 4.90 Å². The number of amides is 1. The summed E-state index contributed by atoms with van der Waals surface area (Å²) in [7, 11) is 1.29. The van der Waals surface area contributed by atoms with Gasteiger partial charge in [0.1, 0.15) is 6.04 Å². The molecule has 1 fully saturated rings. The molecule has 0 spiro atoms. The first-order valence-electron chi connectivity index (χ1n) is 6.64. The Bertz CT molecular complexity index is 525. The molecule has 1 saturated heterocycles. The molecule has 1 amide bonds. The van der Waals surface area contributed by atoms with Crippen LogP contribution in [-0.4, -0.2) is 47.7 Å². The summed E-state index contributed by atoms with van der Waals surface area (Å²) >= 11 is 1.45. The van der Waals surface area contributed by atoms with Gasteiger partial charge in [-0.05, 0) is 25.0 Å². The second-order valence-electron chi connectivity index (χ2n) is 4.96. The van der Waals surface area contributed by atoms with Gasteiger partial charge in [0.25, 0.3) is 5.91 Å². The minimum atomic E-state index is -0.685. The number of hydrogen-bond acceptors (Lipinski definition) is 5. The van der Waals surface area contributed by atoms with Crippen LogP contribution < -0.4 is 0 Å². The molecular weight excluding hydrogens is 278 g/mol. The van der Waals surface area contributed by atoms with Gasteiger partial charge < -0.3 is 14.7 Å². The lowest BCUT2D eigenvalue weighted by Gasteiger charge is -2.21. The highest BCUT2D eigenvalue weighted by Gasteiger charge is 2.40. The van der Waals surface area contributed by atoms with Crippen molar-refractivity contribution in [2.24, 2.45) is 0 Å². The maximum absolute atomic E-state index is 12.5. The molecule has 5 nitrogen and oxygen atoms in total. The zero-order chi connectivity index (χ0) is 14.9. The summed E-state index contributed by atoms with van der Waals surface area (Å²) in [4.78, 5) is 27.4. The lowest BCUT2D eigenvalue weighted by Crippen LogP contribution is -2.40. The minimum absolute atomic E-state index is 0.178. The number of likely N-dealkylation sites (tertiary alicyclic amines) is 1. The van der Waals surface area contributed by atoms with Gasteiger partial charge in [0.2, 0.25) is 0 Å². The summed E-state index contributed by atoms with van der Waals surface area (Å²) in [6.45, 7) is 4.20. The number of nitrogens with zero attached hydrogens (tertiary/aromatic N) is 1. The second kappa shape index (κ2) is 5.93. The fourth-order valence-corrected chi connectivity index (χ4v) is 3.59. The Labute approximate surface area is 122 Å². The van der Waals surface area contributed by atoms with E-state index in [0.717, 1.165) is 12.0 Å². The Kier molecular flexibility index (Phi) is 4.45. The topological polar surface area (TPSA) is 66.8 Å². The Balaban J connectivity index is 2.24. The van der Waals surface area contributed by atoms with Gasteiger partial charge in [0.05, 0.1) is 18.1 Å². The highest BCUT2D eigenvalue weighted by atomic mass is 32.1. The lowest BCUT2D eigenvalue weighted by molar-refractivity contribution is -0.145. The molecule has 2 rings (SSSR count). The van der Waals surface area contributed by atoms with Gasteiger partial charge in [-0.3, -0.25) is 4.79 Å². The zero-order valence-electron chi connectivity index (χ0n) is 11.9. The molecule has 0 aliphatic carbocycles. The van der Waals surface area contributed by atoms with E-state index in [4.69, 9.17) is 4.74 Å². The van der Waals surface area contributed by atoms with Crippen molar-refractivity contribution < 1.29 is 19.4 Å². The average Bonchev–Trinajstić information content (AvgIpc) is 3.00. The lowest BCUT2D eigenvalue weighted by atomic mass is 10.2. The van der Waals surface area contributed by atoms with Gasteiger partial charge in [0, 0.05) is 17.8 Å². The Hall–Kier alpha value is -1.40. The van der Waals surface area contributed by atoms with Gasteiger partial charge in [-0.15, -0.1) is 11.3 Å². The van der Waals surface area contributed by atoms with Crippen LogP contribution in [0.5, 0.6) is 0 Å². The summed E-state index contributed by atoms with van der Waals surface area (Å²) in [5, 5.41) is 9.72. The number of carbonyl (C=O) groups is 2. The Morgan fingerprint density at radius 1 is 1.55 bits per heavy atom. The van der Waals surface area contributed by atoms with Crippen LogP contribution in [0.4, 0.5) is 0 Å². The van der Waals surface area contributed by atoms with E-state index in [2.05, 4.69) is 0 Å². The predicted octanol–water partition coefficient (Wildman–Crippen LogP) is 1.37. The standard InChI is InChI=1S/C14H19NO4S/c1-4-11-8(2)5-12(20-11)13(17)15-7-9(16)6-10(15)14(18)19-3/h5,9-10,16H,4,6-7H2,1-3H3. The SMILES string of the molecule is CCc1sc(C(=O)N2CC(O)CC2C(=O)OC)cc1C. The third-order valence-corrected chi connectivity index (χ3v) is 4.94. The second-order valence-corrected chi connectivity index (χ2v) is 6.09. The number of β-amino-alcohol motifs (C(OH)–C–C–N with tert-alkyl or cyclic N) is 1. The van der Waals surface area contributed by atoms with Crippen molar-refractivity contribution in [3.8, 4) is 0 Å². The smallest absolute Gasteiger partial charge is 0.328 e. The van der Waals surface area contributed by atoms with E-state index in [1.807, 2.05) is 19.9 Å². The molecule has 0 bridgehead atoms. The molecule has 110 valence electrons. The van der Waals surface area contributed by atoms with E-state index in [1.165, 1.54) is 28.2 Å². The zero-order valence-corrected chi connectivity index (χ0v) is 12.7. The molecule has 20 heavy (non-hydrogen) atoms. The van der Waals surface area contributed by atoms with Crippen LogP contribution in [-0.2, 0) is 16.0 Å². The summed E-state index contributed by atoms with van der Waals surface area (Å²) in [6.07, 6.45) is 0.450. The molecule has 1 N–H and O–H groups in total. The molecule has 1 aromatic rings. The number of aliphatic hydroxyl groups is 1. The summed E-state index contributed by atoms with van der Waals surface area (Å²) < 4.78 is 4.71. The highest BCUT2D eigenvalue weighted by Crippen LogP contribution is 2.27. The molecule has 1 aliphatic heterocycles.